The van der Waals surface area contributed by atoms with E-state index in [-0.39, 0.29) is 5.91 Å². The normalized spacial score (nSPS) is 17.6. The van der Waals surface area contributed by atoms with Gasteiger partial charge in [0, 0.05) is 54.9 Å². The van der Waals surface area contributed by atoms with Crippen LogP contribution in [0.25, 0.3) is 11.3 Å². The highest BCUT2D eigenvalue weighted by Crippen LogP contribution is 2.38. The Labute approximate surface area is 209 Å². The van der Waals surface area contributed by atoms with Crippen LogP contribution in [0.4, 0.5) is 11.4 Å². The number of piperazine rings is 1. The highest BCUT2D eigenvalue weighted by atomic mass is 32.1. The minimum Gasteiger partial charge on any atom is -0.465 e. The van der Waals surface area contributed by atoms with E-state index in [1.807, 2.05) is 16.8 Å². The number of carbonyl (C=O) groups is 2. The third-order valence-corrected chi connectivity index (χ3v) is 7.15. The number of nitrogens with zero attached hydrogens (tertiary/aromatic N) is 2. The number of rotatable bonds is 6. The molecule has 2 aliphatic heterocycles. The van der Waals surface area contributed by atoms with Crippen molar-refractivity contribution in [3.05, 3.63) is 81.5 Å². The van der Waals surface area contributed by atoms with Crippen molar-refractivity contribution in [2.75, 3.05) is 51.0 Å². The highest BCUT2D eigenvalue weighted by molar-refractivity contribution is 7.08. The van der Waals surface area contributed by atoms with Crippen molar-refractivity contribution in [2.24, 2.45) is 0 Å². The summed E-state index contributed by atoms with van der Waals surface area (Å²) in [7, 11) is 3.51. The molecule has 1 amide bonds. The lowest BCUT2D eigenvalue weighted by Gasteiger charge is -2.32. The fourth-order valence-corrected chi connectivity index (χ4v) is 5.10. The van der Waals surface area contributed by atoms with Crippen LogP contribution in [0, 0.1) is 0 Å². The molecule has 3 aromatic rings. The van der Waals surface area contributed by atoms with Crippen LogP contribution in [-0.4, -0.2) is 62.0 Å². The molecule has 0 unspecified atom stereocenters. The molecule has 0 spiro atoms. The quantitative estimate of drug-likeness (QED) is 0.400. The zero-order chi connectivity index (χ0) is 24.4. The molecule has 0 bridgehead atoms. The number of thiophene rings is 1. The average Bonchev–Trinajstić information content (AvgIpc) is 3.52. The molecule has 180 valence electrons. The largest absolute Gasteiger partial charge is 0.465 e. The minimum atomic E-state index is -0.438. The fourth-order valence-electron chi connectivity index (χ4n) is 4.45. The van der Waals surface area contributed by atoms with Gasteiger partial charge in [-0.15, -0.1) is 0 Å². The van der Waals surface area contributed by atoms with Crippen LogP contribution in [-0.2, 0) is 16.1 Å². The first kappa shape index (κ1) is 23.3. The Bertz CT molecular complexity index is 1260. The molecular weight excluding hydrogens is 460 g/mol. The zero-order valence-corrected chi connectivity index (χ0v) is 20.7. The summed E-state index contributed by atoms with van der Waals surface area (Å²) in [5, 5.41) is 10.4. The summed E-state index contributed by atoms with van der Waals surface area (Å²) < 4.78 is 4.82. The molecule has 5 rings (SSSR count). The number of amides is 1. The molecule has 2 aromatic carbocycles. The van der Waals surface area contributed by atoms with Gasteiger partial charge in [-0.05, 0) is 48.3 Å². The van der Waals surface area contributed by atoms with E-state index in [0.29, 0.717) is 16.8 Å². The number of hydrogen-bond donors (Lipinski definition) is 2. The van der Waals surface area contributed by atoms with Crippen LogP contribution in [0.2, 0.25) is 0 Å². The SMILES string of the molecule is COC(=O)c1ccc2c(c1)NC(=O)C2=C(Nc1ccc(CN2CCN(C)CC2)cc1)c1ccsc1. The summed E-state index contributed by atoms with van der Waals surface area (Å²) in [6, 6.07) is 15.5. The lowest BCUT2D eigenvalue weighted by Crippen LogP contribution is -2.43. The molecule has 2 aliphatic rings. The number of hydrogen-bond acceptors (Lipinski definition) is 7. The van der Waals surface area contributed by atoms with Crippen molar-refractivity contribution in [3.8, 4) is 0 Å². The Morgan fingerprint density at radius 1 is 1.06 bits per heavy atom. The van der Waals surface area contributed by atoms with Gasteiger partial charge >= 0.3 is 5.97 Å². The second kappa shape index (κ2) is 10.0. The minimum absolute atomic E-state index is 0.206. The predicted molar refractivity (Wildman–Crippen MR) is 140 cm³/mol. The van der Waals surface area contributed by atoms with Gasteiger partial charge in [-0.3, -0.25) is 9.69 Å². The van der Waals surface area contributed by atoms with Crippen molar-refractivity contribution in [2.45, 2.75) is 6.54 Å². The van der Waals surface area contributed by atoms with Gasteiger partial charge in [-0.25, -0.2) is 4.79 Å². The molecule has 7 nitrogen and oxygen atoms in total. The van der Waals surface area contributed by atoms with Crippen LogP contribution < -0.4 is 10.6 Å². The summed E-state index contributed by atoms with van der Waals surface area (Å²) in [6.07, 6.45) is 0. The van der Waals surface area contributed by atoms with E-state index in [1.54, 1.807) is 29.5 Å². The first-order valence-electron chi connectivity index (χ1n) is 11.6. The third-order valence-electron chi connectivity index (χ3n) is 6.47. The Kier molecular flexibility index (Phi) is 6.68. The first-order valence-corrected chi connectivity index (χ1v) is 12.5. The van der Waals surface area contributed by atoms with Crippen LogP contribution in [0.3, 0.4) is 0 Å². The van der Waals surface area contributed by atoms with Gasteiger partial charge in [0.05, 0.1) is 29.6 Å². The van der Waals surface area contributed by atoms with E-state index in [0.717, 1.165) is 55.2 Å². The van der Waals surface area contributed by atoms with Crippen LogP contribution in [0.5, 0.6) is 0 Å². The summed E-state index contributed by atoms with van der Waals surface area (Å²) in [5.41, 5.74) is 6.15. The molecule has 3 heterocycles. The number of ether oxygens (including phenoxy) is 1. The van der Waals surface area contributed by atoms with E-state index in [9.17, 15) is 9.59 Å². The molecule has 0 saturated carbocycles. The molecule has 2 N–H and O–H groups in total. The van der Waals surface area contributed by atoms with Gasteiger partial charge in [0.15, 0.2) is 0 Å². The summed E-state index contributed by atoms with van der Waals surface area (Å²) in [6.45, 7) is 5.29. The summed E-state index contributed by atoms with van der Waals surface area (Å²) in [5.74, 6) is -0.644. The average molecular weight is 489 g/mol. The standard InChI is InChI=1S/C27H28N4O3S/c1-30-10-12-31(13-11-30)16-18-3-6-21(7-4-18)28-25(20-9-14-35-17-20)24-22-8-5-19(27(33)34-2)15-23(22)29-26(24)32/h3-9,14-15,17,28H,10-13,16H2,1-2H3,(H,29,32). The number of nitrogens with one attached hydrogen (secondary N) is 2. The molecule has 0 aliphatic carbocycles. The molecule has 0 radical (unpaired) electrons. The number of carbonyl (C=O) groups excluding carboxylic acids is 2. The number of benzene rings is 2. The van der Waals surface area contributed by atoms with Gasteiger partial charge in [0.25, 0.3) is 5.91 Å². The van der Waals surface area contributed by atoms with Gasteiger partial charge in [-0.1, -0.05) is 18.2 Å². The van der Waals surface area contributed by atoms with Crippen molar-refractivity contribution >= 4 is 45.9 Å². The maximum Gasteiger partial charge on any atom is 0.337 e. The van der Waals surface area contributed by atoms with Gasteiger partial charge in [-0.2, -0.15) is 11.3 Å². The van der Waals surface area contributed by atoms with Crippen molar-refractivity contribution < 1.29 is 14.3 Å². The van der Waals surface area contributed by atoms with Gasteiger partial charge in [0.2, 0.25) is 0 Å². The topological polar surface area (TPSA) is 73.9 Å². The lowest BCUT2D eigenvalue weighted by molar-refractivity contribution is -0.110. The van der Waals surface area contributed by atoms with Crippen LogP contribution in [0.15, 0.2) is 59.3 Å². The number of fused-ring (bicyclic) bond motifs is 1. The maximum atomic E-state index is 13.1. The van der Waals surface area contributed by atoms with E-state index >= 15 is 0 Å². The zero-order valence-electron chi connectivity index (χ0n) is 19.8. The van der Waals surface area contributed by atoms with Crippen molar-refractivity contribution in [3.63, 3.8) is 0 Å². The molecule has 1 fully saturated rings. The highest BCUT2D eigenvalue weighted by Gasteiger charge is 2.29. The van der Waals surface area contributed by atoms with E-state index < -0.39 is 5.97 Å². The monoisotopic (exact) mass is 488 g/mol. The van der Waals surface area contributed by atoms with Gasteiger partial charge in [0.1, 0.15) is 0 Å². The molecule has 0 atom stereocenters. The summed E-state index contributed by atoms with van der Waals surface area (Å²) >= 11 is 1.58. The second-order valence-corrected chi connectivity index (χ2v) is 9.65. The molecule has 35 heavy (non-hydrogen) atoms. The van der Waals surface area contributed by atoms with E-state index in [4.69, 9.17) is 4.74 Å². The van der Waals surface area contributed by atoms with Crippen LogP contribution >= 0.6 is 11.3 Å². The number of esters is 1. The van der Waals surface area contributed by atoms with E-state index in [2.05, 4.69) is 51.7 Å². The lowest BCUT2D eigenvalue weighted by atomic mass is 10.00. The van der Waals surface area contributed by atoms with Crippen LogP contribution in [0.1, 0.15) is 27.0 Å². The second-order valence-electron chi connectivity index (χ2n) is 8.87. The van der Waals surface area contributed by atoms with Crippen molar-refractivity contribution in [1.29, 1.82) is 0 Å². The van der Waals surface area contributed by atoms with Crippen molar-refractivity contribution in [1.82, 2.24) is 9.80 Å². The Morgan fingerprint density at radius 2 is 1.83 bits per heavy atom. The third kappa shape index (κ3) is 5.00. The van der Waals surface area contributed by atoms with E-state index in [1.165, 1.54) is 12.7 Å². The molecule has 8 heteroatoms. The van der Waals surface area contributed by atoms with Gasteiger partial charge < -0.3 is 20.3 Å². The number of likely N-dealkylation sites (N-methyl/N-ethyl adjacent to an activating group) is 1. The summed E-state index contributed by atoms with van der Waals surface area (Å²) in [4.78, 5) is 29.9. The maximum absolute atomic E-state index is 13.1. The number of methoxy groups -OCH3 is 1. The first-order chi connectivity index (χ1) is 17.0. The number of anilines is 2. The fraction of sp³-hybridized carbons (Fsp3) is 0.259. The predicted octanol–water partition coefficient (Wildman–Crippen LogP) is 4.21. The Morgan fingerprint density at radius 3 is 2.51 bits per heavy atom. The Balaban J connectivity index is 1.43. The Hall–Kier alpha value is -3.46. The molecular formula is C27H28N4O3S. The molecule has 1 aromatic heterocycles. The molecule has 1 saturated heterocycles. The smallest absolute Gasteiger partial charge is 0.337 e.